The fourth-order valence-corrected chi connectivity index (χ4v) is 1.72. The zero-order valence-electron chi connectivity index (χ0n) is 11.4. The average molecular weight is 258 g/mol. The van der Waals surface area contributed by atoms with Crippen LogP contribution in [0, 0.1) is 6.92 Å². The number of anilines is 3. The zero-order valence-corrected chi connectivity index (χ0v) is 11.4. The first-order valence-corrected chi connectivity index (χ1v) is 6.22. The molecule has 0 saturated carbocycles. The van der Waals surface area contributed by atoms with Crippen molar-refractivity contribution in [3.05, 3.63) is 36.0 Å². The number of aromatic nitrogens is 2. The Morgan fingerprint density at radius 3 is 2.79 bits per heavy atom. The number of nitrogens with one attached hydrogen (secondary N) is 2. The molecular weight excluding hydrogens is 240 g/mol. The molecule has 0 aliphatic heterocycles. The molecule has 0 amide bonds. The van der Waals surface area contributed by atoms with Crippen molar-refractivity contribution in [2.24, 2.45) is 0 Å². The summed E-state index contributed by atoms with van der Waals surface area (Å²) in [6, 6.07) is 9.62. The number of methoxy groups -OCH3 is 1. The molecule has 2 rings (SSSR count). The van der Waals surface area contributed by atoms with Gasteiger partial charge >= 0.3 is 0 Å². The number of hydrogen-bond acceptors (Lipinski definition) is 5. The third kappa shape index (κ3) is 3.58. The smallest absolute Gasteiger partial charge is 0.224 e. The highest BCUT2D eigenvalue weighted by atomic mass is 16.5. The molecule has 2 aromatic rings. The molecule has 0 atom stereocenters. The van der Waals surface area contributed by atoms with Crippen LogP contribution >= 0.6 is 0 Å². The molecule has 0 unspecified atom stereocenters. The summed E-state index contributed by atoms with van der Waals surface area (Å²) in [5, 5.41) is 6.36. The lowest BCUT2D eigenvalue weighted by atomic mass is 10.3. The lowest BCUT2D eigenvalue weighted by molar-refractivity contribution is 0.415. The van der Waals surface area contributed by atoms with Crippen LogP contribution in [0.1, 0.15) is 12.6 Å². The maximum atomic E-state index is 5.19. The number of aryl methyl sites for hydroxylation is 1. The van der Waals surface area contributed by atoms with Gasteiger partial charge in [-0.2, -0.15) is 4.98 Å². The van der Waals surface area contributed by atoms with E-state index in [1.807, 2.05) is 44.2 Å². The number of ether oxygens (including phenoxy) is 1. The Morgan fingerprint density at radius 2 is 2.05 bits per heavy atom. The van der Waals surface area contributed by atoms with Gasteiger partial charge in [0.2, 0.25) is 5.95 Å². The van der Waals surface area contributed by atoms with E-state index in [0.717, 1.165) is 29.5 Å². The fraction of sp³-hybridized carbons (Fsp3) is 0.286. The van der Waals surface area contributed by atoms with Gasteiger partial charge in [-0.05, 0) is 26.0 Å². The topological polar surface area (TPSA) is 59.1 Å². The molecule has 0 radical (unpaired) electrons. The molecule has 5 heteroatoms. The summed E-state index contributed by atoms with van der Waals surface area (Å²) in [7, 11) is 1.65. The van der Waals surface area contributed by atoms with Crippen molar-refractivity contribution in [2.75, 3.05) is 24.3 Å². The predicted octanol–water partition coefficient (Wildman–Crippen LogP) is 2.97. The molecule has 0 spiro atoms. The number of nitrogens with zero attached hydrogens (tertiary/aromatic N) is 2. The second kappa shape index (κ2) is 6.04. The Bertz CT molecular complexity index is 557. The van der Waals surface area contributed by atoms with Crippen molar-refractivity contribution in [3.63, 3.8) is 0 Å². The molecule has 0 aliphatic rings. The Labute approximate surface area is 113 Å². The molecule has 100 valence electrons. The summed E-state index contributed by atoms with van der Waals surface area (Å²) in [5.74, 6) is 2.20. The van der Waals surface area contributed by atoms with E-state index in [2.05, 4.69) is 20.6 Å². The van der Waals surface area contributed by atoms with Gasteiger partial charge in [0.05, 0.1) is 7.11 Å². The van der Waals surface area contributed by atoms with Gasteiger partial charge < -0.3 is 15.4 Å². The minimum absolute atomic E-state index is 0.632. The molecule has 1 heterocycles. The molecule has 0 saturated heterocycles. The van der Waals surface area contributed by atoms with E-state index in [4.69, 9.17) is 4.74 Å². The monoisotopic (exact) mass is 258 g/mol. The van der Waals surface area contributed by atoms with Crippen LogP contribution in [-0.4, -0.2) is 23.6 Å². The van der Waals surface area contributed by atoms with Crippen LogP contribution in [0.15, 0.2) is 30.3 Å². The van der Waals surface area contributed by atoms with E-state index in [-0.39, 0.29) is 0 Å². The van der Waals surface area contributed by atoms with Crippen LogP contribution in [-0.2, 0) is 0 Å². The van der Waals surface area contributed by atoms with E-state index < -0.39 is 0 Å². The first-order valence-electron chi connectivity index (χ1n) is 6.22. The molecule has 0 bridgehead atoms. The third-order valence-corrected chi connectivity index (χ3v) is 2.53. The predicted molar refractivity (Wildman–Crippen MR) is 77.2 cm³/mol. The Kier molecular flexibility index (Phi) is 4.18. The van der Waals surface area contributed by atoms with Gasteiger partial charge in [0.15, 0.2) is 0 Å². The van der Waals surface area contributed by atoms with Crippen LogP contribution in [0.2, 0.25) is 0 Å². The first kappa shape index (κ1) is 13.1. The van der Waals surface area contributed by atoms with Gasteiger partial charge in [0.1, 0.15) is 11.6 Å². The van der Waals surface area contributed by atoms with Crippen LogP contribution < -0.4 is 15.4 Å². The molecule has 0 aliphatic carbocycles. The Hall–Kier alpha value is -2.30. The average Bonchev–Trinajstić information content (AvgIpc) is 2.38. The SMILES string of the molecule is CCNc1nc(C)cc(Nc2cccc(OC)c2)n1. The van der Waals surface area contributed by atoms with Gasteiger partial charge in [-0.25, -0.2) is 4.98 Å². The summed E-state index contributed by atoms with van der Waals surface area (Å²) < 4.78 is 5.19. The second-order valence-corrected chi connectivity index (χ2v) is 4.11. The van der Waals surface area contributed by atoms with Gasteiger partial charge in [0.25, 0.3) is 0 Å². The number of rotatable bonds is 5. The highest BCUT2D eigenvalue weighted by molar-refractivity contribution is 5.59. The standard InChI is InChI=1S/C14H18N4O/c1-4-15-14-16-10(2)8-13(18-14)17-11-6-5-7-12(9-11)19-3/h5-9H,4H2,1-3H3,(H2,15,16,17,18). The van der Waals surface area contributed by atoms with E-state index in [0.29, 0.717) is 5.95 Å². The normalized spacial score (nSPS) is 10.1. The fourth-order valence-electron chi connectivity index (χ4n) is 1.72. The maximum Gasteiger partial charge on any atom is 0.224 e. The lowest BCUT2D eigenvalue weighted by Crippen LogP contribution is -2.05. The maximum absolute atomic E-state index is 5.19. The summed E-state index contributed by atoms with van der Waals surface area (Å²) in [4.78, 5) is 8.71. The quantitative estimate of drug-likeness (QED) is 0.863. The number of hydrogen-bond donors (Lipinski definition) is 2. The van der Waals surface area contributed by atoms with Crippen LogP contribution in [0.4, 0.5) is 17.5 Å². The minimum atomic E-state index is 0.632. The summed E-state index contributed by atoms with van der Waals surface area (Å²) in [6.45, 7) is 4.75. The van der Waals surface area contributed by atoms with Crippen LogP contribution in [0.5, 0.6) is 5.75 Å². The van der Waals surface area contributed by atoms with Crippen molar-refractivity contribution >= 4 is 17.5 Å². The molecule has 2 N–H and O–H groups in total. The number of benzene rings is 1. The Morgan fingerprint density at radius 1 is 1.21 bits per heavy atom. The summed E-state index contributed by atoms with van der Waals surface area (Å²) in [6.07, 6.45) is 0. The molecule has 19 heavy (non-hydrogen) atoms. The van der Waals surface area contributed by atoms with E-state index in [1.54, 1.807) is 7.11 Å². The highest BCUT2D eigenvalue weighted by Gasteiger charge is 2.02. The van der Waals surface area contributed by atoms with Gasteiger partial charge in [-0.15, -0.1) is 0 Å². The minimum Gasteiger partial charge on any atom is -0.497 e. The van der Waals surface area contributed by atoms with E-state index in [9.17, 15) is 0 Å². The molecular formula is C14H18N4O. The molecule has 1 aromatic heterocycles. The molecule has 1 aromatic carbocycles. The third-order valence-electron chi connectivity index (χ3n) is 2.53. The highest BCUT2D eigenvalue weighted by Crippen LogP contribution is 2.21. The van der Waals surface area contributed by atoms with Crippen molar-refractivity contribution in [1.29, 1.82) is 0 Å². The van der Waals surface area contributed by atoms with E-state index in [1.165, 1.54) is 0 Å². The second-order valence-electron chi connectivity index (χ2n) is 4.11. The zero-order chi connectivity index (χ0) is 13.7. The Balaban J connectivity index is 2.22. The van der Waals surface area contributed by atoms with Crippen molar-refractivity contribution in [2.45, 2.75) is 13.8 Å². The lowest BCUT2D eigenvalue weighted by Gasteiger charge is -2.10. The summed E-state index contributed by atoms with van der Waals surface area (Å²) >= 11 is 0. The van der Waals surface area contributed by atoms with Crippen molar-refractivity contribution < 1.29 is 4.74 Å². The first-order chi connectivity index (χ1) is 9.21. The van der Waals surface area contributed by atoms with Gasteiger partial charge in [-0.1, -0.05) is 6.07 Å². The molecule has 5 nitrogen and oxygen atoms in total. The van der Waals surface area contributed by atoms with Gasteiger partial charge in [0, 0.05) is 30.1 Å². The molecule has 0 fully saturated rings. The van der Waals surface area contributed by atoms with Crippen molar-refractivity contribution in [1.82, 2.24) is 9.97 Å². The summed E-state index contributed by atoms with van der Waals surface area (Å²) in [5.41, 5.74) is 1.84. The van der Waals surface area contributed by atoms with E-state index >= 15 is 0 Å². The van der Waals surface area contributed by atoms with Crippen LogP contribution in [0.3, 0.4) is 0 Å². The van der Waals surface area contributed by atoms with Crippen molar-refractivity contribution in [3.8, 4) is 5.75 Å². The largest absolute Gasteiger partial charge is 0.497 e. The van der Waals surface area contributed by atoms with Gasteiger partial charge in [-0.3, -0.25) is 0 Å². The van der Waals surface area contributed by atoms with Crippen LogP contribution in [0.25, 0.3) is 0 Å².